The Bertz CT molecular complexity index is 847. The second-order valence-electron chi connectivity index (χ2n) is 6.99. The highest BCUT2D eigenvalue weighted by molar-refractivity contribution is 5.98. The first-order valence-electron chi connectivity index (χ1n) is 10.0. The number of Topliss-reactive ketones (excluding diaryl/α,β-unsaturated/α-hetero) is 1. The third kappa shape index (κ3) is 5.73. The molecule has 154 valence electrons. The molecule has 0 fully saturated rings. The molecule has 2 aromatic rings. The van der Waals surface area contributed by atoms with E-state index in [0.717, 1.165) is 23.5 Å². The number of rotatable bonds is 9. The van der Waals surface area contributed by atoms with Crippen molar-refractivity contribution in [3.8, 4) is 17.2 Å². The fraction of sp³-hybridized carbons (Fsp3) is 0.391. The van der Waals surface area contributed by atoms with Crippen molar-refractivity contribution in [3.05, 3.63) is 53.6 Å². The molecule has 6 nitrogen and oxygen atoms in total. The normalized spacial score (nSPS) is 13.4. The number of benzene rings is 2. The summed E-state index contributed by atoms with van der Waals surface area (Å²) in [5, 5.41) is 2.93. The molecule has 1 aliphatic rings. The van der Waals surface area contributed by atoms with Crippen molar-refractivity contribution < 1.29 is 23.8 Å². The van der Waals surface area contributed by atoms with E-state index < -0.39 is 0 Å². The number of amides is 1. The van der Waals surface area contributed by atoms with Gasteiger partial charge in [0.2, 0.25) is 5.91 Å². The Morgan fingerprint density at radius 3 is 2.48 bits per heavy atom. The van der Waals surface area contributed by atoms with Crippen molar-refractivity contribution in [1.29, 1.82) is 0 Å². The van der Waals surface area contributed by atoms with Gasteiger partial charge in [-0.15, -0.1) is 0 Å². The van der Waals surface area contributed by atoms with E-state index in [-0.39, 0.29) is 30.6 Å². The molecular weight excluding hydrogens is 370 g/mol. The summed E-state index contributed by atoms with van der Waals surface area (Å²) in [7, 11) is 0. The minimum absolute atomic E-state index is 0.0609. The zero-order valence-corrected chi connectivity index (χ0v) is 16.9. The summed E-state index contributed by atoms with van der Waals surface area (Å²) in [6, 6.07) is 12.5. The van der Waals surface area contributed by atoms with Crippen molar-refractivity contribution in [2.24, 2.45) is 0 Å². The number of ether oxygens (including phenoxy) is 3. The van der Waals surface area contributed by atoms with Crippen LogP contribution in [0, 0.1) is 0 Å². The Hall–Kier alpha value is -3.02. The van der Waals surface area contributed by atoms with Crippen LogP contribution in [0.5, 0.6) is 17.2 Å². The number of carbonyl (C=O) groups excluding carboxylic acids is 2. The molecule has 0 aliphatic carbocycles. The lowest BCUT2D eigenvalue weighted by molar-refractivity contribution is -0.121. The molecule has 1 unspecified atom stereocenters. The minimum atomic E-state index is -0.191. The Labute approximate surface area is 171 Å². The molecule has 0 saturated carbocycles. The van der Waals surface area contributed by atoms with Gasteiger partial charge in [0.15, 0.2) is 17.3 Å². The van der Waals surface area contributed by atoms with Gasteiger partial charge in [0.1, 0.15) is 19.0 Å². The Morgan fingerprint density at radius 2 is 1.76 bits per heavy atom. The van der Waals surface area contributed by atoms with Gasteiger partial charge in [0, 0.05) is 18.4 Å². The van der Waals surface area contributed by atoms with Gasteiger partial charge >= 0.3 is 0 Å². The first kappa shape index (κ1) is 20.7. The molecule has 1 atom stereocenters. The topological polar surface area (TPSA) is 73.9 Å². The molecule has 0 bridgehead atoms. The molecule has 1 amide bonds. The maximum atomic E-state index is 12.3. The molecule has 1 heterocycles. The van der Waals surface area contributed by atoms with E-state index in [2.05, 4.69) is 5.32 Å². The van der Waals surface area contributed by atoms with Crippen molar-refractivity contribution in [1.82, 2.24) is 5.32 Å². The lowest BCUT2D eigenvalue weighted by Gasteiger charge is -2.21. The number of fused-ring (bicyclic) bond motifs is 1. The summed E-state index contributed by atoms with van der Waals surface area (Å²) in [5.41, 5.74) is 1.51. The molecule has 0 saturated heterocycles. The third-order valence-electron chi connectivity index (χ3n) is 4.67. The fourth-order valence-corrected chi connectivity index (χ4v) is 3.05. The maximum absolute atomic E-state index is 12.3. The maximum Gasteiger partial charge on any atom is 0.220 e. The van der Waals surface area contributed by atoms with E-state index in [1.54, 1.807) is 24.3 Å². The van der Waals surface area contributed by atoms with Crippen LogP contribution in [0.25, 0.3) is 0 Å². The monoisotopic (exact) mass is 397 g/mol. The summed E-state index contributed by atoms with van der Waals surface area (Å²) in [5.74, 6) is 1.93. The number of hydrogen-bond donors (Lipinski definition) is 1. The first-order chi connectivity index (χ1) is 14.1. The number of hydrogen-bond acceptors (Lipinski definition) is 5. The highest BCUT2D eigenvalue weighted by Crippen LogP contribution is 2.32. The molecular formula is C23H27NO5. The second kappa shape index (κ2) is 9.96. The van der Waals surface area contributed by atoms with Gasteiger partial charge in [-0.3, -0.25) is 9.59 Å². The van der Waals surface area contributed by atoms with E-state index in [4.69, 9.17) is 14.2 Å². The second-order valence-corrected chi connectivity index (χ2v) is 6.99. The van der Waals surface area contributed by atoms with E-state index in [9.17, 15) is 9.59 Å². The highest BCUT2D eigenvalue weighted by Gasteiger charge is 2.16. The summed E-state index contributed by atoms with van der Waals surface area (Å²) < 4.78 is 16.6. The van der Waals surface area contributed by atoms with Gasteiger partial charge < -0.3 is 19.5 Å². The average molecular weight is 397 g/mol. The van der Waals surface area contributed by atoms with Crippen LogP contribution in [0.4, 0.5) is 0 Å². The molecule has 6 heteroatoms. The quantitative estimate of drug-likeness (QED) is 0.645. The van der Waals surface area contributed by atoms with E-state index >= 15 is 0 Å². The summed E-state index contributed by atoms with van der Waals surface area (Å²) in [6.45, 7) is 5.65. The predicted molar refractivity (Wildman–Crippen MR) is 110 cm³/mol. The van der Waals surface area contributed by atoms with E-state index in [1.165, 1.54) is 0 Å². The van der Waals surface area contributed by atoms with Gasteiger partial charge in [0.25, 0.3) is 0 Å². The van der Waals surface area contributed by atoms with Crippen LogP contribution < -0.4 is 19.5 Å². The van der Waals surface area contributed by atoms with Crippen molar-refractivity contribution in [3.63, 3.8) is 0 Å². The predicted octanol–water partition coefficient (Wildman–Crippen LogP) is 4.09. The standard InChI is InChI=1S/C23H27NO5/c1-3-12-27-19-7-4-17(5-8-19)20(25)9-11-23(26)24-16(2)18-6-10-21-22(15-18)29-14-13-28-21/h4-8,10,15-16H,3,9,11-14H2,1-2H3,(H,24,26). The molecule has 0 spiro atoms. The van der Waals surface area contributed by atoms with Gasteiger partial charge in [-0.2, -0.15) is 0 Å². The van der Waals surface area contributed by atoms with Crippen molar-refractivity contribution in [2.45, 2.75) is 39.2 Å². The minimum Gasteiger partial charge on any atom is -0.494 e. The molecule has 0 aromatic heterocycles. The zero-order valence-electron chi connectivity index (χ0n) is 16.9. The average Bonchev–Trinajstić information content (AvgIpc) is 2.76. The third-order valence-corrected chi connectivity index (χ3v) is 4.67. The van der Waals surface area contributed by atoms with Crippen LogP contribution in [0.2, 0.25) is 0 Å². The van der Waals surface area contributed by atoms with Crippen LogP contribution >= 0.6 is 0 Å². The van der Waals surface area contributed by atoms with Crippen LogP contribution in [-0.4, -0.2) is 31.5 Å². The summed E-state index contributed by atoms with van der Waals surface area (Å²) in [4.78, 5) is 24.6. The largest absolute Gasteiger partial charge is 0.494 e. The summed E-state index contributed by atoms with van der Waals surface area (Å²) >= 11 is 0. The van der Waals surface area contributed by atoms with Crippen molar-refractivity contribution >= 4 is 11.7 Å². The summed E-state index contributed by atoms with van der Waals surface area (Å²) in [6.07, 6.45) is 1.23. The van der Waals surface area contributed by atoms with Gasteiger partial charge in [-0.1, -0.05) is 13.0 Å². The number of ketones is 1. The Kier molecular flexibility index (Phi) is 7.11. The van der Waals surface area contributed by atoms with Crippen molar-refractivity contribution in [2.75, 3.05) is 19.8 Å². The fourth-order valence-electron chi connectivity index (χ4n) is 3.05. The van der Waals surface area contributed by atoms with Gasteiger partial charge in [-0.25, -0.2) is 0 Å². The lowest BCUT2D eigenvalue weighted by atomic mass is 10.0. The van der Waals surface area contributed by atoms with E-state index in [0.29, 0.717) is 31.1 Å². The Morgan fingerprint density at radius 1 is 1.03 bits per heavy atom. The molecule has 0 radical (unpaired) electrons. The molecule has 1 N–H and O–H groups in total. The first-order valence-corrected chi connectivity index (χ1v) is 10.0. The molecule has 29 heavy (non-hydrogen) atoms. The molecule has 3 rings (SSSR count). The lowest BCUT2D eigenvalue weighted by Crippen LogP contribution is -2.27. The SMILES string of the molecule is CCCOc1ccc(C(=O)CCC(=O)NC(C)c2ccc3c(c2)OCCO3)cc1. The van der Waals surface area contributed by atoms with Crippen LogP contribution in [0.1, 0.15) is 55.1 Å². The van der Waals surface area contributed by atoms with E-state index in [1.807, 2.05) is 32.0 Å². The van der Waals surface area contributed by atoms with Gasteiger partial charge in [-0.05, 0) is 55.3 Å². The smallest absolute Gasteiger partial charge is 0.220 e. The van der Waals surface area contributed by atoms with Crippen LogP contribution in [0.15, 0.2) is 42.5 Å². The number of carbonyl (C=O) groups is 2. The highest BCUT2D eigenvalue weighted by atomic mass is 16.6. The van der Waals surface area contributed by atoms with Crippen LogP contribution in [-0.2, 0) is 4.79 Å². The number of nitrogens with one attached hydrogen (secondary N) is 1. The van der Waals surface area contributed by atoms with Gasteiger partial charge in [0.05, 0.1) is 12.6 Å². The zero-order chi connectivity index (χ0) is 20.6. The molecule has 2 aromatic carbocycles. The Balaban J connectivity index is 1.48. The molecule has 1 aliphatic heterocycles. The van der Waals surface area contributed by atoms with Crippen LogP contribution in [0.3, 0.4) is 0 Å².